The van der Waals surface area contributed by atoms with Crippen molar-refractivity contribution in [2.45, 2.75) is 20.0 Å². The zero-order valence-corrected chi connectivity index (χ0v) is 13.2. The van der Waals surface area contributed by atoms with Crippen molar-refractivity contribution in [3.05, 3.63) is 48.6 Å². The van der Waals surface area contributed by atoms with E-state index in [1.54, 1.807) is 31.2 Å². The maximum atomic E-state index is 11.4. The third kappa shape index (κ3) is 6.80. The Labute approximate surface area is 135 Å². The number of carbonyl (C=O) groups excluding carboxylic acids is 2. The van der Waals surface area contributed by atoms with Gasteiger partial charge in [-0.15, -0.1) is 0 Å². The van der Waals surface area contributed by atoms with Gasteiger partial charge in [0.2, 0.25) is 0 Å². The van der Waals surface area contributed by atoms with Gasteiger partial charge in [-0.1, -0.05) is 13.2 Å². The average molecular weight is 320 g/mol. The number of ether oxygens (including phenoxy) is 3. The average Bonchev–Trinajstić information content (AvgIpc) is 2.51. The lowest BCUT2D eigenvalue weighted by atomic mass is 10.3. The Morgan fingerprint density at radius 3 is 2.04 bits per heavy atom. The van der Waals surface area contributed by atoms with Crippen LogP contribution in [0.4, 0.5) is 0 Å². The molecule has 1 rings (SSSR count). The molecule has 0 aliphatic rings. The molecule has 6 nitrogen and oxygen atoms in total. The Morgan fingerprint density at radius 2 is 1.52 bits per heavy atom. The van der Waals surface area contributed by atoms with Gasteiger partial charge in [0.1, 0.15) is 30.8 Å². The molecule has 0 saturated carbocycles. The second kappa shape index (κ2) is 8.75. The number of benzene rings is 1. The highest BCUT2D eigenvalue weighted by Crippen LogP contribution is 2.18. The maximum Gasteiger partial charge on any atom is 0.338 e. The van der Waals surface area contributed by atoms with Crippen LogP contribution in [-0.4, -0.2) is 36.4 Å². The summed E-state index contributed by atoms with van der Waals surface area (Å²) in [5.74, 6) is -0.229. The fourth-order valence-electron chi connectivity index (χ4n) is 1.33. The summed E-state index contributed by atoms with van der Waals surface area (Å²) in [6, 6.07) is 6.30. The van der Waals surface area contributed by atoms with Crippen molar-refractivity contribution < 1.29 is 28.9 Å². The van der Waals surface area contributed by atoms with Gasteiger partial charge in [-0.25, -0.2) is 9.59 Å². The molecule has 1 unspecified atom stereocenters. The van der Waals surface area contributed by atoms with Crippen molar-refractivity contribution in [1.82, 2.24) is 0 Å². The van der Waals surface area contributed by atoms with Crippen LogP contribution in [0.2, 0.25) is 0 Å². The highest BCUT2D eigenvalue weighted by molar-refractivity contribution is 5.88. The molecule has 1 N–H and O–H groups in total. The summed E-state index contributed by atoms with van der Waals surface area (Å²) in [6.45, 7) is 9.78. The zero-order chi connectivity index (χ0) is 17.4. The molecule has 0 spiro atoms. The number of esters is 2. The molecule has 1 aromatic rings. The van der Waals surface area contributed by atoms with Crippen LogP contribution in [0.3, 0.4) is 0 Å². The predicted molar refractivity (Wildman–Crippen MR) is 84.2 cm³/mol. The van der Waals surface area contributed by atoms with Gasteiger partial charge in [-0.05, 0) is 38.1 Å². The number of aliphatic hydroxyl groups is 1. The van der Waals surface area contributed by atoms with Gasteiger partial charge >= 0.3 is 11.9 Å². The van der Waals surface area contributed by atoms with Crippen LogP contribution < -0.4 is 9.47 Å². The third-order valence-electron chi connectivity index (χ3n) is 2.58. The highest BCUT2D eigenvalue weighted by Gasteiger charge is 2.10. The van der Waals surface area contributed by atoms with Crippen LogP contribution in [0, 0.1) is 0 Å². The highest BCUT2D eigenvalue weighted by atomic mass is 16.5. The van der Waals surface area contributed by atoms with Crippen LogP contribution in [0.5, 0.6) is 11.5 Å². The molecule has 0 heterocycles. The van der Waals surface area contributed by atoms with E-state index in [2.05, 4.69) is 13.2 Å². The summed E-state index contributed by atoms with van der Waals surface area (Å²) < 4.78 is 15.2. The molecule has 0 radical (unpaired) electrons. The van der Waals surface area contributed by atoms with Crippen molar-refractivity contribution in [2.24, 2.45) is 0 Å². The van der Waals surface area contributed by atoms with Crippen molar-refractivity contribution in [3.8, 4) is 11.5 Å². The van der Waals surface area contributed by atoms with Crippen LogP contribution in [0.1, 0.15) is 13.8 Å². The molecule has 0 aliphatic carbocycles. The van der Waals surface area contributed by atoms with E-state index < -0.39 is 18.0 Å². The Bertz CT molecular complexity index is 588. The SMILES string of the molecule is C=C(C)C(=O)OCC(O)COc1ccc(OC(=O)C(=C)C)cc1. The third-order valence-corrected chi connectivity index (χ3v) is 2.58. The zero-order valence-electron chi connectivity index (χ0n) is 13.2. The van der Waals surface area contributed by atoms with E-state index in [9.17, 15) is 14.7 Å². The number of rotatable bonds is 8. The maximum absolute atomic E-state index is 11.4. The van der Waals surface area contributed by atoms with E-state index in [1.165, 1.54) is 6.92 Å². The Kier molecular flexibility index (Phi) is 7.02. The molecule has 0 saturated heterocycles. The number of hydrogen-bond donors (Lipinski definition) is 1. The first-order valence-corrected chi connectivity index (χ1v) is 6.91. The molecule has 0 bridgehead atoms. The quantitative estimate of drug-likeness (QED) is 0.448. The molecule has 1 atom stereocenters. The largest absolute Gasteiger partial charge is 0.491 e. The van der Waals surface area contributed by atoms with Crippen LogP contribution >= 0.6 is 0 Å². The van der Waals surface area contributed by atoms with Crippen LogP contribution in [-0.2, 0) is 14.3 Å². The Morgan fingerprint density at radius 1 is 1.00 bits per heavy atom. The number of aliphatic hydroxyl groups excluding tert-OH is 1. The van der Waals surface area contributed by atoms with E-state index >= 15 is 0 Å². The van der Waals surface area contributed by atoms with Gasteiger partial charge in [0.15, 0.2) is 0 Å². The van der Waals surface area contributed by atoms with Gasteiger partial charge < -0.3 is 19.3 Å². The Balaban J connectivity index is 2.40. The molecule has 1 aromatic carbocycles. The van der Waals surface area contributed by atoms with Gasteiger partial charge in [0, 0.05) is 11.1 Å². The molecule has 124 valence electrons. The summed E-state index contributed by atoms with van der Waals surface area (Å²) >= 11 is 0. The van der Waals surface area contributed by atoms with E-state index in [4.69, 9.17) is 14.2 Å². The monoisotopic (exact) mass is 320 g/mol. The summed E-state index contributed by atoms with van der Waals surface area (Å²) in [5.41, 5.74) is 0.566. The van der Waals surface area contributed by atoms with Crippen LogP contribution in [0.15, 0.2) is 48.6 Å². The fourth-order valence-corrected chi connectivity index (χ4v) is 1.33. The van der Waals surface area contributed by atoms with Crippen molar-refractivity contribution >= 4 is 11.9 Å². The van der Waals surface area contributed by atoms with E-state index in [0.29, 0.717) is 17.1 Å². The summed E-state index contributed by atoms with van der Waals surface area (Å²) in [4.78, 5) is 22.5. The van der Waals surface area contributed by atoms with Crippen molar-refractivity contribution in [2.75, 3.05) is 13.2 Å². The summed E-state index contributed by atoms with van der Waals surface area (Å²) in [7, 11) is 0. The normalized spacial score (nSPS) is 11.3. The second-order valence-corrected chi connectivity index (χ2v) is 4.98. The van der Waals surface area contributed by atoms with Crippen LogP contribution in [0.25, 0.3) is 0 Å². The molecule has 0 amide bonds. The lowest BCUT2D eigenvalue weighted by molar-refractivity contribution is -0.142. The fraction of sp³-hybridized carbons (Fsp3) is 0.294. The molecular formula is C17H20O6. The smallest absolute Gasteiger partial charge is 0.338 e. The topological polar surface area (TPSA) is 82.1 Å². The Hall–Kier alpha value is -2.60. The first-order valence-electron chi connectivity index (χ1n) is 6.91. The summed E-state index contributed by atoms with van der Waals surface area (Å²) in [5, 5.41) is 9.66. The predicted octanol–water partition coefficient (Wildman–Crippen LogP) is 2.03. The molecule has 6 heteroatoms. The minimum absolute atomic E-state index is 0.0473. The lowest BCUT2D eigenvalue weighted by Gasteiger charge is -2.13. The number of carbonyl (C=O) groups is 2. The van der Waals surface area contributed by atoms with E-state index in [-0.39, 0.29) is 18.8 Å². The van der Waals surface area contributed by atoms with Gasteiger partial charge in [0.25, 0.3) is 0 Å². The summed E-state index contributed by atoms with van der Waals surface area (Å²) in [6.07, 6.45) is -0.959. The van der Waals surface area contributed by atoms with Gasteiger partial charge in [0.05, 0.1) is 0 Å². The van der Waals surface area contributed by atoms with Gasteiger partial charge in [-0.3, -0.25) is 0 Å². The van der Waals surface area contributed by atoms with Gasteiger partial charge in [-0.2, -0.15) is 0 Å². The number of hydrogen-bond acceptors (Lipinski definition) is 6. The van der Waals surface area contributed by atoms with E-state index in [0.717, 1.165) is 0 Å². The lowest BCUT2D eigenvalue weighted by Crippen LogP contribution is -2.25. The second-order valence-electron chi connectivity index (χ2n) is 4.98. The first kappa shape index (κ1) is 18.4. The molecule has 0 aromatic heterocycles. The van der Waals surface area contributed by atoms with Crippen molar-refractivity contribution in [1.29, 1.82) is 0 Å². The minimum atomic E-state index is -0.959. The first-order chi connectivity index (χ1) is 10.8. The molecule has 0 aliphatic heterocycles. The van der Waals surface area contributed by atoms with E-state index in [1.807, 2.05) is 0 Å². The standard InChI is InChI=1S/C17H20O6/c1-11(2)16(19)22-10-13(18)9-21-14-5-7-15(8-6-14)23-17(20)12(3)4/h5-8,13,18H,1,3,9-10H2,2,4H3. The molecule has 0 fully saturated rings. The molecular weight excluding hydrogens is 300 g/mol. The minimum Gasteiger partial charge on any atom is -0.491 e. The van der Waals surface area contributed by atoms with Crippen molar-refractivity contribution in [3.63, 3.8) is 0 Å². The molecule has 23 heavy (non-hydrogen) atoms.